The van der Waals surface area contributed by atoms with Gasteiger partial charge < -0.3 is 10.5 Å². The van der Waals surface area contributed by atoms with Crippen molar-refractivity contribution in [1.29, 1.82) is 0 Å². The summed E-state index contributed by atoms with van der Waals surface area (Å²) < 4.78 is 5.89. The molecule has 1 aromatic rings. The van der Waals surface area contributed by atoms with Gasteiger partial charge in [0.15, 0.2) is 0 Å². The van der Waals surface area contributed by atoms with Crippen molar-refractivity contribution in [1.82, 2.24) is 0 Å². The summed E-state index contributed by atoms with van der Waals surface area (Å²) in [5.74, 6) is 0.982. The minimum atomic E-state index is 0.0441. The van der Waals surface area contributed by atoms with E-state index in [-0.39, 0.29) is 11.5 Å². The topological polar surface area (TPSA) is 35.2 Å². The van der Waals surface area contributed by atoms with Crippen LogP contribution in [-0.2, 0) is 0 Å². The first-order chi connectivity index (χ1) is 7.71. The van der Waals surface area contributed by atoms with Crippen molar-refractivity contribution in [3.8, 4) is 5.75 Å². The number of aryl methyl sites for hydroxylation is 3. The fourth-order valence-electron chi connectivity index (χ4n) is 1.82. The molecule has 2 N–H and O–H groups in total. The van der Waals surface area contributed by atoms with Crippen LogP contribution in [0.15, 0.2) is 12.1 Å². The Balaban J connectivity index is 2.77. The molecule has 0 amide bonds. The number of rotatable bonds is 3. The smallest absolute Gasteiger partial charge is 0.125 e. The second kappa shape index (κ2) is 5.09. The first-order valence-corrected chi connectivity index (χ1v) is 6.18. The Morgan fingerprint density at radius 1 is 1.12 bits per heavy atom. The van der Waals surface area contributed by atoms with Crippen molar-refractivity contribution in [2.45, 2.75) is 47.6 Å². The predicted octanol–water partition coefficient (Wildman–Crippen LogP) is 3.36. The Kier molecular flexibility index (Phi) is 4.21. The summed E-state index contributed by atoms with van der Waals surface area (Å²) in [7, 11) is 0. The van der Waals surface area contributed by atoms with Gasteiger partial charge in [-0.1, -0.05) is 38.5 Å². The Morgan fingerprint density at radius 3 is 2.00 bits per heavy atom. The summed E-state index contributed by atoms with van der Waals surface area (Å²) in [5, 5.41) is 0. The van der Waals surface area contributed by atoms with Gasteiger partial charge in [-0.3, -0.25) is 0 Å². The van der Waals surface area contributed by atoms with Crippen LogP contribution in [0.3, 0.4) is 0 Å². The zero-order valence-electron chi connectivity index (χ0n) is 11.9. The van der Waals surface area contributed by atoms with Crippen LogP contribution in [0.5, 0.6) is 5.75 Å². The van der Waals surface area contributed by atoms with Gasteiger partial charge >= 0.3 is 0 Å². The minimum Gasteiger partial charge on any atom is -0.491 e. The van der Waals surface area contributed by atoms with Gasteiger partial charge in [-0.15, -0.1) is 0 Å². The van der Waals surface area contributed by atoms with E-state index in [9.17, 15) is 0 Å². The SMILES string of the molecule is Cc1cc(C)c(OCC(N)C(C)(C)C)c(C)c1. The third-order valence-electron chi connectivity index (χ3n) is 3.12. The molecule has 0 spiro atoms. The van der Waals surface area contributed by atoms with Crippen LogP contribution in [-0.4, -0.2) is 12.6 Å². The first kappa shape index (κ1) is 14.0. The lowest BCUT2D eigenvalue weighted by molar-refractivity contribution is 0.204. The van der Waals surface area contributed by atoms with Crippen molar-refractivity contribution >= 4 is 0 Å². The molecule has 1 atom stereocenters. The van der Waals surface area contributed by atoms with Crippen LogP contribution < -0.4 is 10.5 Å². The van der Waals surface area contributed by atoms with E-state index >= 15 is 0 Å². The molecule has 0 bridgehead atoms. The van der Waals surface area contributed by atoms with Crippen molar-refractivity contribution < 1.29 is 4.74 Å². The Bertz CT molecular complexity index is 367. The molecule has 0 aromatic heterocycles. The van der Waals surface area contributed by atoms with Gasteiger partial charge in [0.1, 0.15) is 12.4 Å². The molecule has 1 unspecified atom stereocenters. The molecular formula is C15H25NO. The standard InChI is InChI=1S/C15H25NO/c1-10-7-11(2)14(12(3)8-10)17-9-13(16)15(4,5)6/h7-8,13H,9,16H2,1-6H3. The molecule has 2 heteroatoms. The molecule has 0 radical (unpaired) electrons. The van der Waals surface area contributed by atoms with Crippen LogP contribution in [0, 0.1) is 26.2 Å². The molecule has 17 heavy (non-hydrogen) atoms. The van der Waals surface area contributed by atoms with Crippen molar-refractivity contribution in [3.05, 3.63) is 28.8 Å². The molecule has 0 saturated carbocycles. The highest BCUT2D eigenvalue weighted by Gasteiger charge is 2.21. The van der Waals surface area contributed by atoms with Gasteiger partial charge in [-0.05, 0) is 37.3 Å². The van der Waals surface area contributed by atoms with Gasteiger partial charge in [0.25, 0.3) is 0 Å². The fraction of sp³-hybridized carbons (Fsp3) is 0.600. The normalized spacial score (nSPS) is 13.6. The van der Waals surface area contributed by atoms with Gasteiger partial charge in [-0.2, -0.15) is 0 Å². The first-order valence-electron chi connectivity index (χ1n) is 6.18. The maximum Gasteiger partial charge on any atom is 0.125 e. The van der Waals surface area contributed by atoms with E-state index in [1.54, 1.807) is 0 Å². The maximum atomic E-state index is 6.10. The van der Waals surface area contributed by atoms with Crippen molar-refractivity contribution in [3.63, 3.8) is 0 Å². The van der Waals surface area contributed by atoms with Crippen LogP contribution in [0.25, 0.3) is 0 Å². The molecule has 0 fully saturated rings. The number of benzene rings is 1. The molecule has 1 rings (SSSR count). The van der Waals surface area contributed by atoms with E-state index in [2.05, 4.69) is 53.7 Å². The summed E-state index contributed by atoms with van der Waals surface area (Å²) >= 11 is 0. The Hall–Kier alpha value is -1.02. The molecule has 0 aliphatic rings. The third-order valence-corrected chi connectivity index (χ3v) is 3.12. The summed E-state index contributed by atoms with van der Waals surface area (Å²) in [5.41, 5.74) is 9.82. The van der Waals surface area contributed by atoms with E-state index in [0.29, 0.717) is 6.61 Å². The Labute approximate surface area is 105 Å². The van der Waals surface area contributed by atoms with Gasteiger partial charge in [0, 0.05) is 6.04 Å². The van der Waals surface area contributed by atoms with Crippen molar-refractivity contribution in [2.75, 3.05) is 6.61 Å². The lowest BCUT2D eigenvalue weighted by Crippen LogP contribution is -2.40. The minimum absolute atomic E-state index is 0.0441. The second-order valence-corrected chi connectivity index (χ2v) is 6.01. The van der Waals surface area contributed by atoms with Gasteiger partial charge in [0.05, 0.1) is 0 Å². The van der Waals surface area contributed by atoms with E-state index in [1.807, 2.05) is 0 Å². The highest BCUT2D eigenvalue weighted by molar-refractivity contribution is 5.42. The summed E-state index contributed by atoms with van der Waals surface area (Å²) in [6.45, 7) is 13.2. The predicted molar refractivity (Wildman–Crippen MR) is 73.6 cm³/mol. The van der Waals surface area contributed by atoms with Crippen LogP contribution in [0.2, 0.25) is 0 Å². The zero-order valence-corrected chi connectivity index (χ0v) is 11.9. The number of nitrogens with two attached hydrogens (primary N) is 1. The van der Waals surface area contributed by atoms with Crippen LogP contribution in [0.1, 0.15) is 37.5 Å². The number of hydrogen-bond donors (Lipinski definition) is 1. The van der Waals surface area contributed by atoms with E-state index in [4.69, 9.17) is 10.5 Å². The largest absolute Gasteiger partial charge is 0.491 e. The second-order valence-electron chi connectivity index (χ2n) is 6.01. The summed E-state index contributed by atoms with van der Waals surface area (Å²) in [6.07, 6.45) is 0. The highest BCUT2D eigenvalue weighted by Crippen LogP contribution is 2.26. The lowest BCUT2D eigenvalue weighted by atomic mass is 9.88. The molecule has 1 aromatic carbocycles. The van der Waals surface area contributed by atoms with Gasteiger partial charge in [-0.25, -0.2) is 0 Å². The van der Waals surface area contributed by atoms with Crippen LogP contribution >= 0.6 is 0 Å². The molecular weight excluding hydrogens is 210 g/mol. The van der Waals surface area contributed by atoms with E-state index in [0.717, 1.165) is 5.75 Å². The molecule has 0 aliphatic carbocycles. The molecule has 0 aliphatic heterocycles. The zero-order chi connectivity index (χ0) is 13.2. The van der Waals surface area contributed by atoms with Crippen molar-refractivity contribution in [2.24, 2.45) is 11.1 Å². The number of hydrogen-bond acceptors (Lipinski definition) is 2. The number of ether oxygens (including phenoxy) is 1. The summed E-state index contributed by atoms with van der Waals surface area (Å²) in [6, 6.07) is 4.33. The highest BCUT2D eigenvalue weighted by atomic mass is 16.5. The van der Waals surface area contributed by atoms with Gasteiger partial charge in [0.2, 0.25) is 0 Å². The van der Waals surface area contributed by atoms with Crippen LogP contribution in [0.4, 0.5) is 0 Å². The fourth-order valence-corrected chi connectivity index (χ4v) is 1.82. The quantitative estimate of drug-likeness (QED) is 0.872. The molecule has 96 valence electrons. The average molecular weight is 235 g/mol. The average Bonchev–Trinajstić information content (AvgIpc) is 2.13. The molecule has 0 saturated heterocycles. The van der Waals surface area contributed by atoms with E-state index < -0.39 is 0 Å². The Morgan fingerprint density at radius 2 is 1.59 bits per heavy atom. The monoisotopic (exact) mass is 235 g/mol. The summed E-state index contributed by atoms with van der Waals surface area (Å²) in [4.78, 5) is 0. The lowest BCUT2D eigenvalue weighted by Gasteiger charge is -2.27. The third kappa shape index (κ3) is 3.74. The van der Waals surface area contributed by atoms with E-state index in [1.165, 1.54) is 16.7 Å². The maximum absolute atomic E-state index is 6.10. The molecule has 2 nitrogen and oxygen atoms in total. The molecule has 0 heterocycles.